The number of pyridine rings is 1. The number of benzene rings is 2. The highest BCUT2D eigenvalue weighted by atomic mass is 32.2. The Kier molecular flexibility index (Phi) is 7.54. The molecule has 0 bridgehead atoms. The highest BCUT2D eigenvalue weighted by Crippen LogP contribution is 2.27. The molecule has 10 heteroatoms. The van der Waals surface area contributed by atoms with Gasteiger partial charge in [0.15, 0.2) is 6.61 Å². The third-order valence-corrected chi connectivity index (χ3v) is 6.70. The number of aromatic nitrogens is 1. The molecule has 0 saturated carbocycles. The van der Waals surface area contributed by atoms with Gasteiger partial charge in [-0.25, -0.2) is 8.42 Å². The maximum Gasteiger partial charge on any atom is 0.260 e. The van der Waals surface area contributed by atoms with Crippen molar-refractivity contribution in [3.05, 3.63) is 66.4 Å². The van der Waals surface area contributed by atoms with Crippen molar-refractivity contribution in [1.82, 2.24) is 14.8 Å². The van der Waals surface area contributed by atoms with Gasteiger partial charge in [0.05, 0.1) is 23.9 Å². The maximum absolute atomic E-state index is 13.2. The Labute approximate surface area is 205 Å². The Morgan fingerprint density at radius 3 is 2.69 bits per heavy atom. The second-order valence-corrected chi connectivity index (χ2v) is 10.6. The topological polar surface area (TPSA) is 112 Å². The van der Waals surface area contributed by atoms with E-state index >= 15 is 0 Å². The summed E-state index contributed by atoms with van der Waals surface area (Å²) in [7, 11) is -1.65. The zero-order valence-corrected chi connectivity index (χ0v) is 20.6. The number of nitrogens with zero attached hydrogens (tertiary/aromatic N) is 3. The van der Waals surface area contributed by atoms with E-state index in [9.17, 15) is 18.3 Å². The summed E-state index contributed by atoms with van der Waals surface area (Å²) in [5.41, 5.74) is 2.10. The summed E-state index contributed by atoms with van der Waals surface area (Å²) in [5, 5.41) is 10.8. The molecule has 35 heavy (non-hydrogen) atoms. The fraction of sp³-hybridized carbons (Fsp3) is 0.360. The summed E-state index contributed by atoms with van der Waals surface area (Å²) in [6, 6.07) is 15.9. The Hall–Kier alpha value is -3.21. The molecule has 0 spiro atoms. The molecule has 1 saturated heterocycles. The molecule has 1 aromatic heterocycles. The van der Waals surface area contributed by atoms with E-state index in [4.69, 9.17) is 4.74 Å². The first-order chi connectivity index (χ1) is 16.7. The average Bonchev–Trinajstić information content (AvgIpc) is 3.25. The Morgan fingerprint density at radius 1 is 1.23 bits per heavy atom. The average molecular weight is 499 g/mol. The number of sulfonamides is 1. The van der Waals surface area contributed by atoms with Crippen molar-refractivity contribution in [3.8, 4) is 5.75 Å². The number of ether oxygens (including phenoxy) is 1. The molecule has 3 aromatic rings. The van der Waals surface area contributed by atoms with E-state index in [2.05, 4.69) is 14.6 Å². The second kappa shape index (κ2) is 10.6. The van der Waals surface area contributed by atoms with Gasteiger partial charge in [-0.1, -0.05) is 18.2 Å². The predicted octanol–water partition coefficient (Wildman–Crippen LogP) is 2.25. The summed E-state index contributed by atoms with van der Waals surface area (Å²) < 4.78 is 31.4. The molecule has 2 atom stereocenters. The van der Waals surface area contributed by atoms with Crippen LogP contribution in [0.4, 0.5) is 5.69 Å². The number of nitrogens with one attached hydrogen (secondary N) is 1. The fourth-order valence-corrected chi connectivity index (χ4v) is 4.84. The van der Waals surface area contributed by atoms with Crippen LogP contribution in [-0.4, -0.2) is 79.9 Å². The Bertz CT molecular complexity index is 1280. The normalized spacial score (nSPS) is 17.3. The summed E-state index contributed by atoms with van der Waals surface area (Å²) in [6.45, 7) is 1.69. The van der Waals surface area contributed by atoms with Gasteiger partial charge in [0.1, 0.15) is 5.75 Å². The summed E-state index contributed by atoms with van der Waals surface area (Å²) in [5.74, 6) is 0.391. The van der Waals surface area contributed by atoms with Crippen molar-refractivity contribution in [1.29, 1.82) is 0 Å². The first-order valence-electron chi connectivity index (χ1n) is 11.4. The number of amides is 1. The number of aliphatic hydroxyl groups is 1. The van der Waals surface area contributed by atoms with Crippen LogP contribution in [0.25, 0.3) is 10.9 Å². The van der Waals surface area contributed by atoms with Crippen molar-refractivity contribution in [2.75, 3.05) is 44.3 Å². The predicted molar refractivity (Wildman–Crippen MR) is 135 cm³/mol. The van der Waals surface area contributed by atoms with Crippen LogP contribution in [0.1, 0.15) is 18.0 Å². The van der Waals surface area contributed by atoms with E-state index in [1.807, 2.05) is 42.5 Å². The molecule has 1 aliphatic rings. The fourth-order valence-electron chi connectivity index (χ4n) is 4.28. The van der Waals surface area contributed by atoms with Gasteiger partial charge in [-0.05, 0) is 48.4 Å². The summed E-state index contributed by atoms with van der Waals surface area (Å²) >= 11 is 0. The van der Waals surface area contributed by atoms with Crippen LogP contribution in [0.2, 0.25) is 0 Å². The number of likely N-dealkylation sites (tertiary alicyclic amines) is 1. The lowest BCUT2D eigenvalue weighted by Gasteiger charge is -2.32. The van der Waals surface area contributed by atoms with Crippen molar-refractivity contribution in [3.63, 3.8) is 0 Å². The van der Waals surface area contributed by atoms with Crippen LogP contribution in [0.15, 0.2) is 60.8 Å². The number of carbonyl (C=O) groups excluding carboxylic acids is 1. The first kappa shape index (κ1) is 24.9. The minimum absolute atomic E-state index is 0.142. The number of hydrogen-bond acceptors (Lipinski definition) is 7. The van der Waals surface area contributed by atoms with Crippen LogP contribution in [0, 0.1) is 0 Å². The van der Waals surface area contributed by atoms with Crippen LogP contribution < -0.4 is 9.46 Å². The smallest absolute Gasteiger partial charge is 0.260 e. The van der Waals surface area contributed by atoms with Gasteiger partial charge in [0, 0.05) is 44.0 Å². The molecular weight excluding hydrogens is 468 g/mol. The lowest BCUT2D eigenvalue weighted by atomic mass is 10.0. The standard InChI is InChI=1S/C25H30N4O5S/c1-28(25(31)17-34-24-7-3-6-22-21(24)5-4-13-26-22)23(16-29-14-12-20(30)15-29)18-8-10-19(11-9-18)27-35(2,32)33/h3-11,13,20,23,27,30H,12,14-17H2,1-2H3/t20-,23?/m0/s1. The molecule has 2 heterocycles. The minimum Gasteiger partial charge on any atom is -0.483 e. The van der Waals surface area contributed by atoms with Crippen LogP contribution in [-0.2, 0) is 14.8 Å². The zero-order chi connectivity index (χ0) is 25.0. The van der Waals surface area contributed by atoms with Gasteiger partial charge >= 0.3 is 0 Å². The SMILES string of the molecule is CN(C(=O)COc1cccc2ncccc12)C(CN1CC[C@H](O)C1)c1ccc(NS(C)(=O)=O)cc1. The number of fused-ring (bicyclic) bond motifs is 1. The number of anilines is 1. The third-order valence-electron chi connectivity index (χ3n) is 6.10. The lowest BCUT2D eigenvalue weighted by molar-refractivity contribution is -0.134. The van der Waals surface area contributed by atoms with Crippen molar-refractivity contribution >= 4 is 32.5 Å². The molecule has 1 fully saturated rings. The van der Waals surface area contributed by atoms with Crippen LogP contribution in [0.5, 0.6) is 5.75 Å². The van der Waals surface area contributed by atoms with E-state index in [0.29, 0.717) is 30.9 Å². The first-order valence-corrected chi connectivity index (χ1v) is 13.3. The summed E-state index contributed by atoms with van der Waals surface area (Å²) in [6.07, 6.45) is 3.13. The maximum atomic E-state index is 13.2. The number of rotatable bonds is 9. The van der Waals surface area contributed by atoms with Gasteiger partial charge in [-0.2, -0.15) is 0 Å². The van der Waals surface area contributed by atoms with Crippen molar-refractivity contribution in [2.24, 2.45) is 0 Å². The molecule has 1 amide bonds. The number of β-amino-alcohol motifs (C(OH)–C–C–N with tert-alkyl or cyclic N) is 1. The molecule has 1 unspecified atom stereocenters. The summed E-state index contributed by atoms with van der Waals surface area (Å²) in [4.78, 5) is 21.3. The number of hydrogen-bond donors (Lipinski definition) is 2. The van der Waals surface area contributed by atoms with Crippen LogP contribution >= 0.6 is 0 Å². The number of carbonyl (C=O) groups is 1. The highest BCUT2D eigenvalue weighted by molar-refractivity contribution is 7.92. The van der Waals surface area contributed by atoms with Gasteiger partial charge in [-0.15, -0.1) is 0 Å². The molecule has 0 aliphatic carbocycles. The molecular formula is C25H30N4O5S. The quantitative estimate of drug-likeness (QED) is 0.465. The van der Waals surface area contributed by atoms with E-state index in [1.54, 1.807) is 30.3 Å². The zero-order valence-electron chi connectivity index (χ0n) is 19.8. The van der Waals surface area contributed by atoms with Crippen LogP contribution in [0.3, 0.4) is 0 Å². The highest BCUT2D eigenvalue weighted by Gasteiger charge is 2.28. The molecule has 2 aromatic carbocycles. The van der Waals surface area contributed by atoms with E-state index < -0.39 is 10.0 Å². The molecule has 4 rings (SSSR count). The number of likely N-dealkylation sites (N-methyl/N-ethyl adjacent to an activating group) is 1. The Balaban J connectivity index is 1.51. The van der Waals surface area contributed by atoms with Gasteiger partial charge < -0.3 is 14.7 Å². The molecule has 2 N–H and O–H groups in total. The Morgan fingerprint density at radius 2 is 2.00 bits per heavy atom. The largest absolute Gasteiger partial charge is 0.483 e. The molecule has 9 nitrogen and oxygen atoms in total. The monoisotopic (exact) mass is 498 g/mol. The van der Waals surface area contributed by atoms with Crippen molar-refractivity contribution < 1.29 is 23.1 Å². The minimum atomic E-state index is -3.39. The van der Waals surface area contributed by atoms with Gasteiger partial charge in [0.25, 0.3) is 5.91 Å². The van der Waals surface area contributed by atoms with Crippen molar-refractivity contribution in [2.45, 2.75) is 18.6 Å². The van der Waals surface area contributed by atoms with Gasteiger partial charge in [0.2, 0.25) is 10.0 Å². The number of aliphatic hydroxyl groups excluding tert-OH is 1. The second-order valence-electron chi connectivity index (χ2n) is 8.83. The van der Waals surface area contributed by atoms with E-state index in [0.717, 1.165) is 29.3 Å². The van der Waals surface area contributed by atoms with E-state index in [1.165, 1.54) is 0 Å². The van der Waals surface area contributed by atoms with Gasteiger partial charge in [-0.3, -0.25) is 19.4 Å². The lowest BCUT2D eigenvalue weighted by Crippen LogP contribution is -2.40. The molecule has 186 valence electrons. The molecule has 1 aliphatic heterocycles. The third kappa shape index (κ3) is 6.47. The molecule has 0 radical (unpaired) electrons. The van der Waals surface area contributed by atoms with E-state index in [-0.39, 0.29) is 24.7 Å².